The second-order valence-corrected chi connectivity index (χ2v) is 7.23. The zero-order chi connectivity index (χ0) is 19.2. The highest BCUT2D eigenvalue weighted by Gasteiger charge is 2.21. The number of hydrogen-bond donors (Lipinski definition) is 1. The Balaban J connectivity index is 1.50. The summed E-state index contributed by atoms with van der Waals surface area (Å²) in [6, 6.07) is 6.03. The molecule has 2 aromatic rings. The van der Waals surface area contributed by atoms with Gasteiger partial charge in [-0.15, -0.1) is 0 Å². The highest BCUT2D eigenvalue weighted by atomic mass is 16.2. The van der Waals surface area contributed by atoms with E-state index in [9.17, 15) is 9.59 Å². The lowest BCUT2D eigenvalue weighted by molar-refractivity contribution is -0.122. The van der Waals surface area contributed by atoms with Gasteiger partial charge in [-0.1, -0.05) is 6.07 Å². The predicted octanol–water partition coefficient (Wildman–Crippen LogP) is 1.43. The largest absolute Gasteiger partial charge is 0.352 e. The molecule has 144 valence electrons. The number of pyridine rings is 1. The molecule has 7 heteroatoms. The van der Waals surface area contributed by atoms with E-state index in [0.717, 1.165) is 38.2 Å². The highest BCUT2D eigenvalue weighted by Crippen LogP contribution is 2.13. The SMILES string of the molecule is Cc1cc(C)n(CCC(=O)N[C@H]2CCCN(Cc3cccnc3)C2)c(=O)n1. The van der Waals surface area contributed by atoms with Crippen molar-refractivity contribution >= 4 is 5.91 Å². The Bertz CT molecular complexity index is 834. The standard InChI is InChI=1S/C20H27N5O2/c1-15-11-16(2)25(20(27)22-15)10-7-19(26)23-18-6-4-9-24(14-18)13-17-5-3-8-21-12-17/h3,5,8,11-12,18H,4,6-7,9-10,13-14H2,1-2H3,(H,23,26)/t18-/m0/s1. The number of rotatable bonds is 6. The zero-order valence-corrected chi connectivity index (χ0v) is 16.0. The molecular formula is C20H27N5O2. The van der Waals surface area contributed by atoms with Gasteiger partial charge >= 0.3 is 5.69 Å². The van der Waals surface area contributed by atoms with Crippen molar-refractivity contribution in [2.45, 2.75) is 52.2 Å². The van der Waals surface area contributed by atoms with Gasteiger partial charge in [0.15, 0.2) is 0 Å². The molecule has 0 saturated carbocycles. The Morgan fingerprint density at radius 2 is 2.22 bits per heavy atom. The Labute approximate surface area is 159 Å². The van der Waals surface area contributed by atoms with E-state index >= 15 is 0 Å². The lowest BCUT2D eigenvalue weighted by Crippen LogP contribution is -2.47. The summed E-state index contributed by atoms with van der Waals surface area (Å²) >= 11 is 0. The van der Waals surface area contributed by atoms with Crippen LogP contribution >= 0.6 is 0 Å². The van der Waals surface area contributed by atoms with Crippen LogP contribution in [-0.4, -0.2) is 44.5 Å². The van der Waals surface area contributed by atoms with E-state index in [1.807, 2.05) is 25.3 Å². The molecule has 3 rings (SSSR count). The number of aromatic nitrogens is 3. The molecule has 27 heavy (non-hydrogen) atoms. The number of amides is 1. The van der Waals surface area contributed by atoms with Crippen molar-refractivity contribution in [2.24, 2.45) is 0 Å². The molecule has 1 amide bonds. The van der Waals surface area contributed by atoms with E-state index < -0.39 is 0 Å². The summed E-state index contributed by atoms with van der Waals surface area (Å²) in [4.78, 5) is 34.8. The van der Waals surface area contributed by atoms with Crippen molar-refractivity contribution in [2.75, 3.05) is 13.1 Å². The molecule has 2 aromatic heterocycles. The molecule has 3 heterocycles. The van der Waals surface area contributed by atoms with E-state index in [1.54, 1.807) is 17.7 Å². The number of nitrogens with zero attached hydrogens (tertiary/aromatic N) is 4. The molecular weight excluding hydrogens is 342 g/mol. The number of likely N-dealkylation sites (tertiary alicyclic amines) is 1. The molecule has 0 spiro atoms. The highest BCUT2D eigenvalue weighted by molar-refractivity contribution is 5.76. The summed E-state index contributed by atoms with van der Waals surface area (Å²) in [5.74, 6) is -0.0184. The van der Waals surface area contributed by atoms with Crippen LogP contribution in [0, 0.1) is 13.8 Å². The molecule has 0 aliphatic carbocycles. The Morgan fingerprint density at radius 3 is 2.96 bits per heavy atom. The summed E-state index contributed by atoms with van der Waals surface area (Å²) < 4.78 is 1.56. The molecule has 0 radical (unpaired) electrons. The normalized spacial score (nSPS) is 17.6. The van der Waals surface area contributed by atoms with Crippen LogP contribution in [0.4, 0.5) is 0 Å². The molecule has 1 N–H and O–H groups in total. The van der Waals surface area contributed by atoms with E-state index in [4.69, 9.17) is 0 Å². The molecule has 0 aromatic carbocycles. The van der Waals surface area contributed by atoms with Crippen LogP contribution in [0.25, 0.3) is 0 Å². The maximum Gasteiger partial charge on any atom is 0.347 e. The van der Waals surface area contributed by atoms with Crippen LogP contribution in [0.2, 0.25) is 0 Å². The second-order valence-electron chi connectivity index (χ2n) is 7.23. The van der Waals surface area contributed by atoms with Crippen molar-refractivity contribution in [3.63, 3.8) is 0 Å². The first-order valence-electron chi connectivity index (χ1n) is 9.47. The molecule has 1 aliphatic rings. The number of hydrogen-bond acceptors (Lipinski definition) is 5. The van der Waals surface area contributed by atoms with Gasteiger partial charge in [0.25, 0.3) is 0 Å². The Kier molecular flexibility index (Phi) is 6.34. The number of nitrogens with one attached hydrogen (secondary N) is 1. The number of piperidine rings is 1. The van der Waals surface area contributed by atoms with Gasteiger partial charge in [0.05, 0.1) is 0 Å². The smallest absolute Gasteiger partial charge is 0.347 e. The van der Waals surface area contributed by atoms with Gasteiger partial charge in [-0.25, -0.2) is 4.79 Å². The molecule has 1 fully saturated rings. The first-order chi connectivity index (χ1) is 13.0. The van der Waals surface area contributed by atoms with Gasteiger partial charge in [0.1, 0.15) is 0 Å². The molecule has 0 unspecified atom stereocenters. The van der Waals surface area contributed by atoms with Crippen molar-refractivity contribution in [1.29, 1.82) is 0 Å². The average Bonchev–Trinajstić information content (AvgIpc) is 2.62. The van der Waals surface area contributed by atoms with E-state index in [0.29, 0.717) is 12.2 Å². The average molecular weight is 369 g/mol. The van der Waals surface area contributed by atoms with Crippen molar-refractivity contribution in [3.8, 4) is 0 Å². The van der Waals surface area contributed by atoms with Crippen LogP contribution in [0.1, 0.15) is 36.2 Å². The van der Waals surface area contributed by atoms with Crippen LogP contribution in [0.15, 0.2) is 35.4 Å². The summed E-state index contributed by atoms with van der Waals surface area (Å²) in [5, 5.41) is 3.12. The fraction of sp³-hybridized carbons (Fsp3) is 0.500. The third-order valence-electron chi connectivity index (χ3n) is 4.91. The molecule has 1 saturated heterocycles. The van der Waals surface area contributed by atoms with Gasteiger partial charge in [-0.3, -0.25) is 19.2 Å². The lowest BCUT2D eigenvalue weighted by Gasteiger charge is -2.33. The Hall–Kier alpha value is -2.54. The van der Waals surface area contributed by atoms with Crippen molar-refractivity contribution in [3.05, 3.63) is 58.0 Å². The fourth-order valence-electron chi connectivity index (χ4n) is 3.63. The van der Waals surface area contributed by atoms with Gasteiger partial charge in [-0.2, -0.15) is 4.98 Å². The molecule has 1 aliphatic heterocycles. The van der Waals surface area contributed by atoms with Gasteiger partial charge < -0.3 is 5.32 Å². The predicted molar refractivity (Wildman–Crippen MR) is 103 cm³/mol. The first kappa shape index (κ1) is 19.2. The van der Waals surface area contributed by atoms with Gasteiger partial charge in [-0.05, 0) is 50.9 Å². The lowest BCUT2D eigenvalue weighted by atomic mass is 10.0. The minimum absolute atomic E-state index is 0.0184. The second kappa shape index (κ2) is 8.90. The fourth-order valence-corrected chi connectivity index (χ4v) is 3.63. The van der Waals surface area contributed by atoms with Crippen LogP contribution < -0.4 is 11.0 Å². The van der Waals surface area contributed by atoms with E-state index in [1.165, 1.54) is 5.56 Å². The maximum atomic E-state index is 12.4. The van der Waals surface area contributed by atoms with Crippen LogP contribution in [-0.2, 0) is 17.9 Å². The minimum atomic E-state index is -0.291. The molecule has 7 nitrogen and oxygen atoms in total. The first-order valence-corrected chi connectivity index (χ1v) is 9.47. The third kappa shape index (κ3) is 5.47. The summed E-state index contributed by atoms with van der Waals surface area (Å²) in [6.45, 7) is 6.74. The van der Waals surface area contributed by atoms with E-state index in [2.05, 4.69) is 26.3 Å². The zero-order valence-electron chi connectivity index (χ0n) is 16.0. The van der Waals surface area contributed by atoms with Crippen LogP contribution in [0.3, 0.4) is 0 Å². The third-order valence-corrected chi connectivity index (χ3v) is 4.91. The summed E-state index contributed by atoms with van der Waals surface area (Å²) in [7, 11) is 0. The van der Waals surface area contributed by atoms with E-state index in [-0.39, 0.29) is 24.1 Å². The summed E-state index contributed by atoms with van der Waals surface area (Å²) in [6.07, 6.45) is 5.99. The quantitative estimate of drug-likeness (QED) is 0.833. The number of carbonyl (C=O) groups is 1. The molecule has 0 bridgehead atoms. The number of aryl methyl sites for hydroxylation is 2. The van der Waals surface area contributed by atoms with Crippen LogP contribution in [0.5, 0.6) is 0 Å². The van der Waals surface area contributed by atoms with Crippen molar-refractivity contribution < 1.29 is 4.79 Å². The topological polar surface area (TPSA) is 80.1 Å². The number of carbonyl (C=O) groups excluding carboxylic acids is 1. The monoisotopic (exact) mass is 369 g/mol. The molecule has 1 atom stereocenters. The van der Waals surface area contributed by atoms with Gasteiger partial charge in [0, 0.05) is 55.9 Å². The van der Waals surface area contributed by atoms with Crippen molar-refractivity contribution in [1.82, 2.24) is 24.8 Å². The van der Waals surface area contributed by atoms with Gasteiger partial charge in [0.2, 0.25) is 5.91 Å². The summed E-state index contributed by atoms with van der Waals surface area (Å²) in [5.41, 5.74) is 2.43. The maximum absolute atomic E-state index is 12.4. The minimum Gasteiger partial charge on any atom is -0.352 e. The Morgan fingerprint density at radius 1 is 1.37 bits per heavy atom.